The lowest BCUT2D eigenvalue weighted by atomic mass is 9.98. The molecule has 0 amide bonds. The summed E-state index contributed by atoms with van der Waals surface area (Å²) < 4.78 is 31.2. The standard InChI is InChI=1S/C32H38O6/c1-4-28-30(38-32(2,3)37-28)31(36-22-26-18-12-7-13-19-26)29(35-21-25-16-10-6-11-17-25)27(33)23-34-20-24-14-8-5-9-15-24/h4-19,27-31,33H,1,20-23H2,2-3H3/t27-,28-,29-,30-,31+/m1/s1. The van der Waals surface area contributed by atoms with E-state index in [4.69, 9.17) is 23.7 Å². The molecule has 1 fully saturated rings. The Labute approximate surface area is 225 Å². The van der Waals surface area contributed by atoms with Crippen molar-refractivity contribution in [3.8, 4) is 0 Å². The van der Waals surface area contributed by atoms with Gasteiger partial charge in [0.15, 0.2) is 5.79 Å². The van der Waals surface area contributed by atoms with Crippen molar-refractivity contribution < 1.29 is 28.8 Å². The average molecular weight is 519 g/mol. The van der Waals surface area contributed by atoms with E-state index in [1.54, 1.807) is 6.08 Å². The van der Waals surface area contributed by atoms with Gasteiger partial charge in [-0.05, 0) is 30.5 Å². The predicted molar refractivity (Wildman–Crippen MR) is 146 cm³/mol. The molecular weight excluding hydrogens is 480 g/mol. The largest absolute Gasteiger partial charge is 0.388 e. The Bertz CT molecular complexity index is 1090. The second kappa shape index (κ2) is 13.8. The minimum absolute atomic E-state index is 0.0648. The summed E-state index contributed by atoms with van der Waals surface area (Å²) in [4.78, 5) is 0. The fourth-order valence-electron chi connectivity index (χ4n) is 4.56. The molecule has 1 N–H and O–H groups in total. The highest BCUT2D eigenvalue weighted by molar-refractivity contribution is 5.15. The van der Waals surface area contributed by atoms with Crippen LogP contribution in [0.15, 0.2) is 104 Å². The first-order valence-corrected chi connectivity index (χ1v) is 13.0. The van der Waals surface area contributed by atoms with Crippen LogP contribution >= 0.6 is 0 Å². The number of hydrogen-bond donors (Lipinski definition) is 1. The second-order valence-electron chi connectivity index (χ2n) is 9.89. The molecule has 1 heterocycles. The minimum atomic E-state index is -0.985. The van der Waals surface area contributed by atoms with Gasteiger partial charge in [0.2, 0.25) is 0 Å². The van der Waals surface area contributed by atoms with Crippen molar-refractivity contribution in [1.29, 1.82) is 0 Å². The molecule has 1 saturated heterocycles. The molecule has 6 nitrogen and oxygen atoms in total. The van der Waals surface area contributed by atoms with Gasteiger partial charge in [0, 0.05) is 0 Å². The van der Waals surface area contributed by atoms with E-state index in [1.165, 1.54) is 0 Å². The summed E-state index contributed by atoms with van der Waals surface area (Å²) in [7, 11) is 0. The van der Waals surface area contributed by atoms with E-state index in [-0.39, 0.29) is 6.61 Å². The van der Waals surface area contributed by atoms with Crippen molar-refractivity contribution in [3.63, 3.8) is 0 Å². The van der Waals surface area contributed by atoms with Gasteiger partial charge in [0.25, 0.3) is 0 Å². The maximum atomic E-state index is 11.4. The van der Waals surface area contributed by atoms with E-state index in [2.05, 4.69) is 6.58 Å². The maximum absolute atomic E-state index is 11.4. The molecule has 202 valence electrons. The van der Waals surface area contributed by atoms with E-state index in [1.807, 2.05) is 105 Å². The van der Waals surface area contributed by atoms with Crippen molar-refractivity contribution >= 4 is 0 Å². The maximum Gasteiger partial charge on any atom is 0.164 e. The molecule has 1 aliphatic rings. The molecule has 5 atom stereocenters. The fraction of sp³-hybridized carbons (Fsp3) is 0.375. The number of hydrogen-bond acceptors (Lipinski definition) is 6. The van der Waals surface area contributed by atoms with Gasteiger partial charge in [-0.1, -0.05) is 97.1 Å². The Morgan fingerprint density at radius 1 is 0.789 bits per heavy atom. The first kappa shape index (κ1) is 28.2. The fourth-order valence-corrected chi connectivity index (χ4v) is 4.56. The molecule has 6 heteroatoms. The van der Waals surface area contributed by atoms with Crippen LogP contribution in [0.5, 0.6) is 0 Å². The molecule has 0 aromatic heterocycles. The third-order valence-corrected chi connectivity index (χ3v) is 6.39. The lowest BCUT2D eigenvalue weighted by molar-refractivity contribution is -0.199. The van der Waals surface area contributed by atoms with E-state index >= 15 is 0 Å². The Morgan fingerprint density at radius 3 is 1.82 bits per heavy atom. The number of rotatable bonds is 14. The summed E-state index contributed by atoms with van der Waals surface area (Å²) in [5, 5.41) is 11.4. The molecule has 4 rings (SSSR count). The summed E-state index contributed by atoms with van der Waals surface area (Å²) in [6, 6.07) is 29.6. The zero-order valence-corrected chi connectivity index (χ0v) is 22.1. The highest BCUT2D eigenvalue weighted by atomic mass is 16.8. The SMILES string of the molecule is C=C[C@H]1OC(C)(C)O[C@H]1[C@@H](OCc1ccccc1)[C@H](OCc1ccccc1)[C@H](O)COCc1ccccc1. The van der Waals surface area contributed by atoms with Gasteiger partial charge in [-0.2, -0.15) is 0 Å². The van der Waals surface area contributed by atoms with E-state index < -0.39 is 36.3 Å². The zero-order valence-electron chi connectivity index (χ0n) is 22.1. The van der Waals surface area contributed by atoms with Crippen LogP contribution in [0, 0.1) is 0 Å². The van der Waals surface area contributed by atoms with Crippen molar-refractivity contribution in [1.82, 2.24) is 0 Å². The first-order valence-electron chi connectivity index (χ1n) is 13.0. The smallest absolute Gasteiger partial charge is 0.164 e. The topological polar surface area (TPSA) is 66.4 Å². The first-order chi connectivity index (χ1) is 18.4. The van der Waals surface area contributed by atoms with E-state index in [0.29, 0.717) is 19.8 Å². The molecule has 38 heavy (non-hydrogen) atoms. The molecule has 0 radical (unpaired) electrons. The molecule has 3 aromatic rings. The molecule has 0 aliphatic carbocycles. The van der Waals surface area contributed by atoms with Crippen LogP contribution in [0.2, 0.25) is 0 Å². The predicted octanol–water partition coefficient (Wildman–Crippen LogP) is 5.44. The van der Waals surface area contributed by atoms with Crippen LogP contribution in [-0.2, 0) is 43.5 Å². The molecule has 0 unspecified atom stereocenters. The van der Waals surface area contributed by atoms with Crippen molar-refractivity contribution in [2.24, 2.45) is 0 Å². The van der Waals surface area contributed by atoms with E-state index in [9.17, 15) is 5.11 Å². The normalized spacial score (nSPS) is 21.0. The van der Waals surface area contributed by atoms with Crippen LogP contribution in [-0.4, -0.2) is 48.0 Å². The monoisotopic (exact) mass is 518 g/mol. The molecule has 0 saturated carbocycles. The van der Waals surface area contributed by atoms with E-state index in [0.717, 1.165) is 16.7 Å². The Hall–Kier alpha value is -2.84. The van der Waals surface area contributed by atoms with Gasteiger partial charge in [-0.25, -0.2) is 0 Å². The minimum Gasteiger partial charge on any atom is -0.388 e. The molecule has 1 aliphatic heterocycles. The lowest BCUT2D eigenvalue weighted by Gasteiger charge is -2.35. The van der Waals surface area contributed by atoms with Gasteiger partial charge < -0.3 is 28.8 Å². The van der Waals surface area contributed by atoms with Crippen molar-refractivity contribution in [2.75, 3.05) is 6.61 Å². The van der Waals surface area contributed by atoms with Gasteiger partial charge in [0.05, 0.1) is 26.4 Å². The summed E-state index contributed by atoms with van der Waals surface area (Å²) in [5.74, 6) is -0.837. The van der Waals surface area contributed by atoms with Crippen LogP contribution in [0.3, 0.4) is 0 Å². The number of ether oxygens (including phenoxy) is 5. The third kappa shape index (κ3) is 8.08. The zero-order chi connectivity index (χ0) is 26.8. The quantitative estimate of drug-likeness (QED) is 0.287. The van der Waals surface area contributed by atoms with Gasteiger partial charge in [-0.15, -0.1) is 6.58 Å². The van der Waals surface area contributed by atoms with Crippen molar-refractivity contribution in [3.05, 3.63) is 120 Å². The number of aliphatic hydroxyl groups is 1. The van der Waals surface area contributed by atoms with Crippen LogP contribution < -0.4 is 0 Å². The van der Waals surface area contributed by atoms with Gasteiger partial charge in [-0.3, -0.25) is 0 Å². The van der Waals surface area contributed by atoms with Crippen molar-refractivity contribution in [2.45, 2.75) is 70.0 Å². The number of benzene rings is 3. The Balaban J connectivity index is 1.56. The molecule has 0 spiro atoms. The lowest BCUT2D eigenvalue weighted by Crippen LogP contribution is -2.52. The summed E-state index contributed by atoms with van der Waals surface area (Å²) in [6.45, 7) is 8.72. The van der Waals surface area contributed by atoms with Crippen LogP contribution in [0.25, 0.3) is 0 Å². The third-order valence-electron chi connectivity index (χ3n) is 6.39. The average Bonchev–Trinajstić information content (AvgIpc) is 3.26. The van der Waals surface area contributed by atoms with Gasteiger partial charge in [0.1, 0.15) is 30.5 Å². The Morgan fingerprint density at radius 2 is 1.29 bits per heavy atom. The van der Waals surface area contributed by atoms with Crippen LogP contribution in [0.1, 0.15) is 30.5 Å². The highest BCUT2D eigenvalue weighted by Crippen LogP contribution is 2.34. The van der Waals surface area contributed by atoms with Gasteiger partial charge >= 0.3 is 0 Å². The highest BCUT2D eigenvalue weighted by Gasteiger charge is 2.48. The number of aliphatic hydroxyl groups excluding tert-OH is 1. The summed E-state index contributed by atoms with van der Waals surface area (Å²) in [6.07, 6.45) is -1.69. The summed E-state index contributed by atoms with van der Waals surface area (Å²) >= 11 is 0. The molecule has 3 aromatic carbocycles. The molecule has 0 bridgehead atoms. The summed E-state index contributed by atoms with van der Waals surface area (Å²) in [5.41, 5.74) is 3.02. The Kier molecular flexibility index (Phi) is 10.2. The molecular formula is C32H38O6. The second-order valence-corrected chi connectivity index (χ2v) is 9.89. The van der Waals surface area contributed by atoms with Crippen LogP contribution in [0.4, 0.5) is 0 Å².